The lowest BCUT2D eigenvalue weighted by atomic mass is 10.0. The smallest absolute Gasteiger partial charge is 0.306 e. The molecular formula is C59H110O6. The van der Waals surface area contributed by atoms with Crippen LogP contribution in [0.5, 0.6) is 0 Å². The van der Waals surface area contributed by atoms with E-state index in [2.05, 4.69) is 45.1 Å². The lowest BCUT2D eigenvalue weighted by Gasteiger charge is -2.18. The van der Waals surface area contributed by atoms with E-state index in [-0.39, 0.29) is 31.1 Å². The second-order valence-electron chi connectivity index (χ2n) is 19.6. The quantitative estimate of drug-likeness (QED) is 0.0262. The molecule has 6 heteroatoms. The molecule has 382 valence electrons. The summed E-state index contributed by atoms with van der Waals surface area (Å²) >= 11 is 0. The largest absolute Gasteiger partial charge is 0.462 e. The van der Waals surface area contributed by atoms with Crippen LogP contribution in [0.3, 0.4) is 0 Å². The van der Waals surface area contributed by atoms with Gasteiger partial charge in [-0.1, -0.05) is 257 Å². The van der Waals surface area contributed by atoms with Gasteiger partial charge in [0.2, 0.25) is 0 Å². The normalized spacial score (nSPS) is 12.1. The molecule has 0 spiro atoms. The van der Waals surface area contributed by atoms with Crippen molar-refractivity contribution >= 4 is 17.9 Å². The number of carbonyl (C=O) groups excluding carboxylic acids is 3. The first-order valence-corrected chi connectivity index (χ1v) is 28.8. The predicted octanol–water partition coefficient (Wildman–Crippen LogP) is 19.1. The number of rotatable bonds is 53. The Morgan fingerprint density at radius 1 is 0.292 bits per heavy atom. The Labute approximate surface area is 404 Å². The molecule has 6 nitrogen and oxygen atoms in total. The maximum atomic E-state index is 12.8. The molecule has 65 heavy (non-hydrogen) atoms. The van der Waals surface area contributed by atoms with Crippen LogP contribution in [0.4, 0.5) is 0 Å². The van der Waals surface area contributed by atoms with Crippen molar-refractivity contribution in [3.8, 4) is 0 Å². The zero-order valence-electron chi connectivity index (χ0n) is 43.8. The number of hydrogen-bond acceptors (Lipinski definition) is 6. The lowest BCUT2D eigenvalue weighted by molar-refractivity contribution is -0.167. The van der Waals surface area contributed by atoms with Crippen LogP contribution in [0.2, 0.25) is 0 Å². The minimum Gasteiger partial charge on any atom is -0.462 e. The maximum absolute atomic E-state index is 12.8. The highest BCUT2D eigenvalue weighted by Crippen LogP contribution is 2.17. The number of esters is 3. The van der Waals surface area contributed by atoms with Gasteiger partial charge in [0, 0.05) is 19.3 Å². The molecule has 0 aromatic rings. The van der Waals surface area contributed by atoms with Crippen LogP contribution in [0, 0.1) is 0 Å². The summed E-state index contributed by atoms with van der Waals surface area (Å²) in [5.41, 5.74) is 0. The molecular weight excluding hydrogens is 805 g/mol. The third-order valence-electron chi connectivity index (χ3n) is 12.9. The molecule has 0 aliphatic carbocycles. The van der Waals surface area contributed by atoms with E-state index >= 15 is 0 Å². The molecule has 0 N–H and O–H groups in total. The van der Waals surface area contributed by atoms with Crippen molar-refractivity contribution in [2.24, 2.45) is 0 Å². The van der Waals surface area contributed by atoms with Crippen molar-refractivity contribution in [2.45, 2.75) is 322 Å². The first kappa shape index (κ1) is 62.9. The van der Waals surface area contributed by atoms with Gasteiger partial charge < -0.3 is 14.2 Å². The fourth-order valence-electron chi connectivity index (χ4n) is 8.54. The first-order chi connectivity index (χ1) is 32.0. The molecule has 0 aliphatic rings. The van der Waals surface area contributed by atoms with Crippen LogP contribution in [-0.4, -0.2) is 37.2 Å². The SMILES string of the molecule is CCCC/C=C\CCCCCCCC(=O)OCC(COC(=O)CCCCCCCCCCC/C=C\CCCCCCCCCC)OC(=O)CCCCCCCCCCCCCCCCC. The molecule has 0 amide bonds. The van der Waals surface area contributed by atoms with Gasteiger partial charge in [0.15, 0.2) is 6.10 Å². The monoisotopic (exact) mass is 915 g/mol. The van der Waals surface area contributed by atoms with Gasteiger partial charge in [0.1, 0.15) is 13.2 Å². The van der Waals surface area contributed by atoms with Crippen LogP contribution in [0.1, 0.15) is 316 Å². The Morgan fingerprint density at radius 2 is 0.523 bits per heavy atom. The number of allylic oxidation sites excluding steroid dienone is 4. The highest BCUT2D eigenvalue weighted by molar-refractivity contribution is 5.71. The summed E-state index contributed by atoms with van der Waals surface area (Å²) in [6, 6.07) is 0. The Morgan fingerprint density at radius 3 is 0.815 bits per heavy atom. The highest BCUT2D eigenvalue weighted by Gasteiger charge is 2.19. The van der Waals surface area contributed by atoms with Crippen molar-refractivity contribution in [2.75, 3.05) is 13.2 Å². The molecule has 0 saturated carbocycles. The number of hydrogen-bond donors (Lipinski definition) is 0. The van der Waals surface area contributed by atoms with Gasteiger partial charge in [0.25, 0.3) is 0 Å². The zero-order valence-corrected chi connectivity index (χ0v) is 43.8. The maximum Gasteiger partial charge on any atom is 0.306 e. The summed E-state index contributed by atoms with van der Waals surface area (Å²) < 4.78 is 16.8. The topological polar surface area (TPSA) is 78.9 Å². The van der Waals surface area contributed by atoms with Crippen molar-refractivity contribution in [3.63, 3.8) is 0 Å². The standard InChI is InChI=1S/C59H110O6/c1-4-7-10-13-16-19-22-24-26-27-28-29-30-31-33-34-37-40-43-46-49-52-58(61)64-55-56(54-63-57(60)51-48-45-42-39-36-21-18-15-12-9-6-3)65-59(62)53-50-47-44-41-38-35-32-25-23-20-17-14-11-8-5-2/h15,18,27-28,56H,4-14,16-17,19-26,29-55H2,1-3H3/b18-15-,28-27-. The van der Waals surface area contributed by atoms with Gasteiger partial charge in [0.05, 0.1) is 0 Å². The second kappa shape index (κ2) is 54.5. The van der Waals surface area contributed by atoms with Crippen molar-refractivity contribution in [3.05, 3.63) is 24.3 Å². The number of carbonyl (C=O) groups is 3. The summed E-state index contributed by atoms with van der Waals surface area (Å²) in [7, 11) is 0. The molecule has 0 aromatic heterocycles. The summed E-state index contributed by atoms with van der Waals surface area (Å²) in [4.78, 5) is 38.1. The molecule has 0 saturated heterocycles. The molecule has 0 heterocycles. The van der Waals surface area contributed by atoms with E-state index < -0.39 is 6.10 Å². The van der Waals surface area contributed by atoms with Crippen LogP contribution >= 0.6 is 0 Å². The van der Waals surface area contributed by atoms with E-state index in [1.165, 1.54) is 212 Å². The van der Waals surface area contributed by atoms with E-state index in [0.29, 0.717) is 19.3 Å². The minimum atomic E-state index is -0.771. The van der Waals surface area contributed by atoms with Crippen LogP contribution in [0.15, 0.2) is 24.3 Å². The van der Waals surface area contributed by atoms with Crippen molar-refractivity contribution < 1.29 is 28.6 Å². The Hall–Kier alpha value is -2.11. The molecule has 0 bridgehead atoms. The fourth-order valence-corrected chi connectivity index (χ4v) is 8.54. The highest BCUT2D eigenvalue weighted by atomic mass is 16.6. The first-order valence-electron chi connectivity index (χ1n) is 28.8. The summed E-state index contributed by atoms with van der Waals surface area (Å²) in [6.07, 6.45) is 63.2. The molecule has 0 aromatic carbocycles. The molecule has 1 atom stereocenters. The zero-order chi connectivity index (χ0) is 47.2. The molecule has 0 rings (SSSR count). The predicted molar refractivity (Wildman–Crippen MR) is 279 cm³/mol. The van der Waals surface area contributed by atoms with Gasteiger partial charge in [-0.25, -0.2) is 0 Å². The summed E-state index contributed by atoms with van der Waals surface area (Å²) in [6.45, 7) is 6.64. The van der Waals surface area contributed by atoms with Gasteiger partial charge in [-0.3, -0.25) is 14.4 Å². The summed E-state index contributed by atoms with van der Waals surface area (Å²) in [5.74, 6) is -0.864. The van der Waals surface area contributed by atoms with E-state index in [0.717, 1.165) is 64.2 Å². The number of unbranched alkanes of at least 4 members (excludes halogenated alkanes) is 38. The minimum absolute atomic E-state index is 0.0708. The second-order valence-corrected chi connectivity index (χ2v) is 19.6. The van der Waals surface area contributed by atoms with E-state index in [9.17, 15) is 14.4 Å². The third-order valence-corrected chi connectivity index (χ3v) is 12.9. The average molecular weight is 916 g/mol. The van der Waals surface area contributed by atoms with E-state index in [4.69, 9.17) is 14.2 Å². The lowest BCUT2D eigenvalue weighted by Crippen LogP contribution is -2.30. The van der Waals surface area contributed by atoms with Crippen LogP contribution in [-0.2, 0) is 28.6 Å². The van der Waals surface area contributed by atoms with Gasteiger partial charge >= 0.3 is 17.9 Å². The van der Waals surface area contributed by atoms with E-state index in [1.54, 1.807) is 0 Å². The Balaban J connectivity index is 4.26. The van der Waals surface area contributed by atoms with Gasteiger partial charge in [-0.15, -0.1) is 0 Å². The van der Waals surface area contributed by atoms with Crippen LogP contribution in [0.25, 0.3) is 0 Å². The number of ether oxygens (including phenoxy) is 3. The Bertz CT molecular complexity index is 1050. The van der Waals surface area contributed by atoms with E-state index in [1.807, 2.05) is 0 Å². The van der Waals surface area contributed by atoms with Gasteiger partial charge in [-0.2, -0.15) is 0 Å². The average Bonchev–Trinajstić information content (AvgIpc) is 3.30. The fraction of sp³-hybridized carbons (Fsp3) is 0.881. The summed E-state index contributed by atoms with van der Waals surface area (Å²) in [5, 5.41) is 0. The molecule has 0 aliphatic heterocycles. The van der Waals surface area contributed by atoms with Crippen molar-refractivity contribution in [1.82, 2.24) is 0 Å². The molecule has 1 unspecified atom stereocenters. The van der Waals surface area contributed by atoms with Crippen LogP contribution < -0.4 is 0 Å². The molecule has 0 fully saturated rings. The third kappa shape index (κ3) is 52.7. The Kier molecular flexibility index (Phi) is 52.7. The van der Waals surface area contributed by atoms with Crippen molar-refractivity contribution in [1.29, 1.82) is 0 Å². The van der Waals surface area contributed by atoms with Gasteiger partial charge in [-0.05, 0) is 64.2 Å². The molecule has 0 radical (unpaired) electrons.